The van der Waals surface area contributed by atoms with Gasteiger partial charge in [-0.2, -0.15) is 0 Å². The summed E-state index contributed by atoms with van der Waals surface area (Å²) in [4.78, 5) is 26.7. The van der Waals surface area contributed by atoms with Gasteiger partial charge in [-0.15, -0.1) is 0 Å². The smallest absolute Gasteiger partial charge is 0.254 e. The van der Waals surface area contributed by atoms with Crippen molar-refractivity contribution < 1.29 is 9.59 Å². The lowest BCUT2D eigenvalue weighted by molar-refractivity contribution is -0.122. The SMILES string of the molecule is CCNC(=O)C(C)NC(=O)c1c[nH]c2ccccc12. The fourth-order valence-electron chi connectivity index (χ4n) is 1.93. The van der Waals surface area contributed by atoms with E-state index in [0.29, 0.717) is 12.1 Å². The predicted octanol–water partition coefficient (Wildman–Crippen LogP) is 1.42. The van der Waals surface area contributed by atoms with Crippen molar-refractivity contribution >= 4 is 22.7 Å². The van der Waals surface area contributed by atoms with Gasteiger partial charge in [0.25, 0.3) is 5.91 Å². The van der Waals surface area contributed by atoms with E-state index in [0.717, 1.165) is 10.9 Å². The molecule has 0 fully saturated rings. The topological polar surface area (TPSA) is 74.0 Å². The number of fused-ring (bicyclic) bond motifs is 1. The summed E-state index contributed by atoms with van der Waals surface area (Å²) < 4.78 is 0. The molecule has 0 saturated carbocycles. The van der Waals surface area contributed by atoms with Gasteiger partial charge in [-0.1, -0.05) is 18.2 Å². The lowest BCUT2D eigenvalue weighted by Crippen LogP contribution is -2.44. The van der Waals surface area contributed by atoms with E-state index in [4.69, 9.17) is 0 Å². The molecular formula is C14H17N3O2. The highest BCUT2D eigenvalue weighted by atomic mass is 16.2. The number of rotatable bonds is 4. The molecule has 1 atom stereocenters. The van der Waals surface area contributed by atoms with Crippen LogP contribution in [0.1, 0.15) is 24.2 Å². The number of hydrogen-bond donors (Lipinski definition) is 3. The number of hydrogen-bond acceptors (Lipinski definition) is 2. The molecule has 1 unspecified atom stereocenters. The third kappa shape index (κ3) is 2.76. The van der Waals surface area contributed by atoms with E-state index in [1.165, 1.54) is 0 Å². The molecule has 0 aliphatic rings. The Morgan fingerprint density at radius 2 is 2.05 bits per heavy atom. The molecule has 0 spiro atoms. The van der Waals surface area contributed by atoms with E-state index in [1.807, 2.05) is 31.2 Å². The fourth-order valence-corrected chi connectivity index (χ4v) is 1.93. The Balaban J connectivity index is 2.14. The van der Waals surface area contributed by atoms with Crippen LogP contribution in [0.4, 0.5) is 0 Å². The van der Waals surface area contributed by atoms with Gasteiger partial charge in [-0.3, -0.25) is 9.59 Å². The van der Waals surface area contributed by atoms with Gasteiger partial charge in [0.1, 0.15) is 6.04 Å². The molecule has 5 nitrogen and oxygen atoms in total. The van der Waals surface area contributed by atoms with Crippen LogP contribution < -0.4 is 10.6 Å². The Kier molecular flexibility index (Phi) is 3.85. The number of aromatic amines is 1. The van der Waals surface area contributed by atoms with E-state index in [9.17, 15) is 9.59 Å². The third-order valence-electron chi connectivity index (χ3n) is 2.93. The number of benzene rings is 1. The quantitative estimate of drug-likeness (QED) is 0.777. The van der Waals surface area contributed by atoms with Crippen molar-refractivity contribution in [3.05, 3.63) is 36.0 Å². The summed E-state index contributed by atoms with van der Waals surface area (Å²) in [6.45, 7) is 4.05. The number of carbonyl (C=O) groups is 2. The summed E-state index contributed by atoms with van der Waals surface area (Å²) in [6, 6.07) is 7.00. The molecule has 1 aromatic carbocycles. The standard InChI is InChI=1S/C14H17N3O2/c1-3-15-13(18)9(2)17-14(19)11-8-16-12-7-5-4-6-10(11)12/h4-9,16H,3H2,1-2H3,(H,15,18)(H,17,19). The van der Waals surface area contributed by atoms with Gasteiger partial charge >= 0.3 is 0 Å². The van der Waals surface area contributed by atoms with E-state index < -0.39 is 6.04 Å². The maximum Gasteiger partial charge on any atom is 0.254 e. The Morgan fingerprint density at radius 3 is 2.79 bits per heavy atom. The molecule has 0 aliphatic carbocycles. The maximum absolute atomic E-state index is 12.1. The Labute approximate surface area is 111 Å². The average Bonchev–Trinajstić information content (AvgIpc) is 2.82. The molecule has 2 rings (SSSR count). The van der Waals surface area contributed by atoms with Gasteiger partial charge in [0.05, 0.1) is 5.56 Å². The van der Waals surface area contributed by atoms with Crippen molar-refractivity contribution in [2.45, 2.75) is 19.9 Å². The van der Waals surface area contributed by atoms with Crippen LogP contribution in [-0.2, 0) is 4.79 Å². The molecule has 3 N–H and O–H groups in total. The van der Waals surface area contributed by atoms with Crippen LogP contribution in [0.15, 0.2) is 30.5 Å². The highest BCUT2D eigenvalue weighted by molar-refractivity contribution is 6.07. The molecular weight excluding hydrogens is 242 g/mol. The minimum atomic E-state index is -0.555. The predicted molar refractivity (Wildman–Crippen MR) is 73.9 cm³/mol. The highest BCUT2D eigenvalue weighted by Gasteiger charge is 2.17. The van der Waals surface area contributed by atoms with Crippen LogP contribution in [0.25, 0.3) is 10.9 Å². The molecule has 5 heteroatoms. The first-order chi connectivity index (χ1) is 9.13. The highest BCUT2D eigenvalue weighted by Crippen LogP contribution is 2.17. The summed E-state index contributed by atoms with van der Waals surface area (Å²) in [5, 5.41) is 6.21. The summed E-state index contributed by atoms with van der Waals surface area (Å²) in [7, 11) is 0. The average molecular weight is 259 g/mol. The third-order valence-corrected chi connectivity index (χ3v) is 2.93. The number of nitrogens with one attached hydrogen (secondary N) is 3. The Morgan fingerprint density at radius 1 is 1.32 bits per heavy atom. The van der Waals surface area contributed by atoms with Crippen LogP contribution >= 0.6 is 0 Å². The van der Waals surface area contributed by atoms with Crippen LogP contribution in [0, 0.1) is 0 Å². The normalized spacial score (nSPS) is 12.1. The monoisotopic (exact) mass is 259 g/mol. The van der Waals surface area contributed by atoms with Crippen LogP contribution in [0.5, 0.6) is 0 Å². The van der Waals surface area contributed by atoms with Crippen LogP contribution in [-0.4, -0.2) is 29.4 Å². The van der Waals surface area contributed by atoms with E-state index >= 15 is 0 Å². The van der Waals surface area contributed by atoms with Gasteiger partial charge in [-0.05, 0) is 19.9 Å². The molecule has 100 valence electrons. The van der Waals surface area contributed by atoms with E-state index in [2.05, 4.69) is 15.6 Å². The van der Waals surface area contributed by atoms with Crippen molar-refractivity contribution in [2.75, 3.05) is 6.54 Å². The first-order valence-corrected chi connectivity index (χ1v) is 6.28. The van der Waals surface area contributed by atoms with Crippen molar-refractivity contribution in [2.24, 2.45) is 0 Å². The van der Waals surface area contributed by atoms with Crippen molar-refractivity contribution in [3.8, 4) is 0 Å². The molecule has 0 bridgehead atoms. The molecule has 0 aliphatic heterocycles. The van der Waals surface area contributed by atoms with Crippen LogP contribution in [0.3, 0.4) is 0 Å². The first-order valence-electron chi connectivity index (χ1n) is 6.28. The second-order valence-corrected chi connectivity index (χ2v) is 4.34. The van der Waals surface area contributed by atoms with E-state index in [-0.39, 0.29) is 11.8 Å². The molecule has 1 heterocycles. The molecule has 0 saturated heterocycles. The van der Waals surface area contributed by atoms with Gasteiger partial charge in [0, 0.05) is 23.6 Å². The second-order valence-electron chi connectivity index (χ2n) is 4.34. The summed E-state index contributed by atoms with van der Waals surface area (Å²) in [6.07, 6.45) is 1.66. The zero-order valence-corrected chi connectivity index (χ0v) is 11.0. The van der Waals surface area contributed by atoms with Crippen LogP contribution in [0.2, 0.25) is 0 Å². The molecule has 1 aromatic heterocycles. The van der Waals surface area contributed by atoms with Crippen molar-refractivity contribution in [1.82, 2.24) is 15.6 Å². The second kappa shape index (κ2) is 5.56. The van der Waals surface area contributed by atoms with Crippen molar-refractivity contribution in [1.29, 1.82) is 0 Å². The number of para-hydroxylation sites is 1. The minimum Gasteiger partial charge on any atom is -0.360 e. The zero-order chi connectivity index (χ0) is 13.8. The maximum atomic E-state index is 12.1. The fraction of sp³-hybridized carbons (Fsp3) is 0.286. The lowest BCUT2D eigenvalue weighted by atomic mass is 10.1. The van der Waals surface area contributed by atoms with Crippen molar-refractivity contribution in [3.63, 3.8) is 0 Å². The summed E-state index contributed by atoms with van der Waals surface area (Å²) >= 11 is 0. The molecule has 2 amide bonds. The minimum absolute atomic E-state index is 0.185. The molecule has 2 aromatic rings. The Hall–Kier alpha value is -2.30. The van der Waals surface area contributed by atoms with E-state index in [1.54, 1.807) is 13.1 Å². The summed E-state index contributed by atoms with van der Waals surface area (Å²) in [5.41, 5.74) is 1.45. The number of aromatic nitrogens is 1. The van der Waals surface area contributed by atoms with Gasteiger partial charge < -0.3 is 15.6 Å². The lowest BCUT2D eigenvalue weighted by Gasteiger charge is -2.12. The number of likely N-dealkylation sites (N-methyl/N-ethyl adjacent to an activating group) is 1. The molecule has 0 radical (unpaired) electrons. The largest absolute Gasteiger partial charge is 0.360 e. The Bertz CT molecular complexity index is 604. The zero-order valence-electron chi connectivity index (χ0n) is 11.0. The number of carbonyl (C=O) groups excluding carboxylic acids is 2. The summed E-state index contributed by atoms with van der Waals surface area (Å²) in [5.74, 6) is -0.438. The molecule has 19 heavy (non-hydrogen) atoms. The van der Waals surface area contributed by atoms with Gasteiger partial charge in [0.15, 0.2) is 0 Å². The van der Waals surface area contributed by atoms with Gasteiger partial charge in [0.2, 0.25) is 5.91 Å². The number of H-pyrrole nitrogens is 1. The number of amides is 2. The first kappa shape index (κ1) is 13.1. The van der Waals surface area contributed by atoms with Gasteiger partial charge in [-0.25, -0.2) is 0 Å².